The molecule has 0 aliphatic carbocycles. The van der Waals surface area contributed by atoms with E-state index in [1.165, 1.54) is 225 Å². The molecule has 2 unspecified atom stereocenters. The van der Waals surface area contributed by atoms with Crippen LogP contribution in [0.3, 0.4) is 0 Å². The molecular formula is C62H118NO8P. The molecule has 0 bridgehead atoms. The van der Waals surface area contributed by atoms with E-state index < -0.39 is 26.5 Å². The standard InChI is InChI=1S/C62H118NO8P/c1-3-5-7-9-11-13-15-17-18-19-20-21-22-23-24-25-26-27-28-29-30-31-32-33-34-35-36-37-38-39-40-41-43-44-46-48-50-52-54-61(64)68-58-60(59-70-72(66,67)69-57-56-63)71-62(65)55-53-51-49-47-45-42-16-14-12-10-8-6-4-2/h6,8,12,14,42,45,60H,3-5,7,9-11,13,15-41,43-44,46-59,63H2,1-2H3,(H,66,67)/b8-6-,14-12-,45-42-. The van der Waals surface area contributed by atoms with Crippen molar-refractivity contribution in [1.29, 1.82) is 0 Å². The number of nitrogens with two attached hydrogens (primary N) is 1. The summed E-state index contributed by atoms with van der Waals surface area (Å²) >= 11 is 0. The van der Waals surface area contributed by atoms with Crippen LogP contribution in [-0.4, -0.2) is 49.3 Å². The smallest absolute Gasteiger partial charge is 0.462 e. The summed E-state index contributed by atoms with van der Waals surface area (Å²) in [5.41, 5.74) is 5.37. The molecule has 0 fully saturated rings. The van der Waals surface area contributed by atoms with Gasteiger partial charge in [-0.15, -0.1) is 0 Å². The number of hydrogen-bond donors (Lipinski definition) is 2. The minimum Gasteiger partial charge on any atom is -0.462 e. The Bertz CT molecular complexity index is 1270. The first kappa shape index (κ1) is 70.2. The van der Waals surface area contributed by atoms with E-state index in [-0.39, 0.29) is 38.6 Å². The molecule has 0 aromatic carbocycles. The van der Waals surface area contributed by atoms with Crippen LogP contribution < -0.4 is 5.73 Å². The number of carbonyl (C=O) groups excluding carboxylic acids is 2. The molecule has 0 rings (SSSR count). The SMILES string of the molecule is CC/C=C\C/C=C\C/C=C\CCCCCC(=O)OC(COC(=O)CCCCCCCCCCCCCCCCCCCCCCCCCCCCCCCCCCCCCCCC)COP(=O)(O)OCCN. The minimum atomic E-state index is -4.39. The van der Waals surface area contributed by atoms with Gasteiger partial charge in [0.2, 0.25) is 0 Å². The molecule has 0 saturated carbocycles. The normalized spacial score (nSPS) is 13.2. The molecule has 10 heteroatoms. The van der Waals surface area contributed by atoms with E-state index in [2.05, 4.69) is 50.3 Å². The number of allylic oxidation sites excluding steroid dienone is 6. The van der Waals surface area contributed by atoms with Gasteiger partial charge in [0.15, 0.2) is 6.10 Å². The zero-order valence-electron chi connectivity index (χ0n) is 47.4. The Morgan fingerprint density at radius 1 is 0.431 bits per heavy atom. The van der Waals surface area contributed by atoms with E-state index in [0.29, 0.717) is 6.42 Å². The lowest BCUT2D eigenvalue weighted by molar-refractivity contribution is -0.161. The van der Waals surface area contributed by atoms with Crippen LogP contribution in [0, 0.1) is 0 Å². The summed E-state index contributed by atoms with van der Waals surface area (Å²) in [5, 5.41) is 0. The third kappa shape index (κ3) is 57.5. The Balaban J connectivity index is 3.71. The molecule has 2 atom stereocenters. The average Bonchev–Trinajstić information content (AvgIpc) is 3.37. The van der Waals surface area contributed by atoms with E-state index in [4.69, 9.17) is 24.3 Å². The van der Waals surface area contributed by atoms with Gasteiger partial charge in [0, 0.05) is 19.4 Å². The summed E-state index contributed by atoms with van der Waals surface area (Å²) in [5.74, 6) is -0.851. The van der Waals surface area contributed by atoms with Crippen molar-refractivity contribution in [1.82, 2.24) is 0 Å². The summed E-state index contributed by atoms with van der Waals surface area (Å²) in [6.45, 7) is 3.63. The predicted octanol–water partition coefficient (Wildman–Crippen LogP) is 19.6. The molecule has 0 aromatic rings. The minimum absolute atomic E-state index is 0.0491. The van der Waals surface area contributed by atoms with Gasteiger partial charge < -0.3 is 20.1 Å². The van der Waals surface area contributed by atoms with Crippen LogP contribution in [0.2, 0.25) is 0 Å². The lowest BCUT2D eigenvalue weighted by Crippen LogP contribution is -2.29. The van der Waals surface area contributed by atoms with Crippen molar-refractivity contribution in [3.05, 3.63) is 36.5 Å². The maximum absolute atomic E-state index is 12.6. The molecule has 3 N–H and O–H groups in total. The Labute approximate surface area is 445 Å². The zero-order valence-corrected chi connectivity index (χ0v) is 48.3. The number of hydrogen-bond acceptors (Lipinski definition) is 8. The Hall–Kier alpha value is -1.77. The van der Waals surface area contributed by atoms with Crippen molar-refractivity contribution in [2.45, 2.75) is 322 Å². The van der Waals surface area contributed by atoms with Crippen LogP contribution in [0.5, 0.6) is 0 Å². The fourth-order valence-electron chi connectivity index (χ4n) is 9.24. The van der Waals surface area contributed by atoms with Crippen molar-refractivity contribution < 1.29 is 37.6 Å². The van der Waals surface area contributed by atoms with Gasteiger partial charge in [-0.05, 0) is 44.9 Å². The maximum atomic E-state index is 12.6. The number of unbranched alkanes of at least 4 members (excludes halogenated alkanes) is 40. The van der Waals surface area contributed by atoms with Crippen molar-refractivity contribution in [3.8, 4) is 0 Å². The van der Waals surface area contributed by atoms with Crippen molar-refractivity contribution in [2.24, 2.45) is 5.73 Å². The monoisotopic (exact) mass is 1040 g/mol. The van der Waals surface area contributed by atoms with Crippen molar-refractivity contribution >= 4 is 19.8 Å². The largest absolute Gasteiger partial charge is 0.472 e. The van der Waals surface area contributed by atoms with E-state index in [9.17, 15) is 19.0 Å². The first-order valence-electron chi connectivity index (χ1n) is 31.0. The number of phosphoric ester groups is 1. The van der Waals surface area contributed by atoms with Crippen LogP contribution in [0.15, 0.2) is 36.5 Å². The summed E-state index contributed by atoms with van der Waals surface area (Å²) in [6, 6.07) is 0. The van der Waals surface area contributed by atoms with Gasteiger partial charge in [0.1, 0.15) is 6.61 Å². The lowest BCUT2D eigenvalue weighted by atomic mass is 10.0. The van der Waals surface area contributed by atoms with E-state index in [0.717, 1.165) is 57.8 Å². The highest BCUT2D eigenvalue weighted by atomic mass is 31.2. The van der Waals surface area contributed by atoms with Gasteiger partial charge in [-0.25, -0.2) is 4.57 Å². The van der Waals surface area contributed by atoms with Gasteiger partial charge in [-0.1, -0.05) is 294 Å². The summed E-state index contributed by atoms with van der Waals surface area (Å²) in [6.07, 6.45) is 71.3. The molecular weight excluding hydrogens is 918 g/mol. The van der Waals surface area contributed by atoms with Crippen LogP contribution in [0.4, 0.5) is 0 Å². The van der Waals surface area contributed by atoms with Crippen LogP contribution in [0.25, 0.3) is 0 Å². The second kappa shape index (κ2) is 58.5. The lowest BCUT2D eigenvalue weighted by Gasteiger charge is -2.19. The third-order valence-electron chi connectivity index (χ3n) is 13.8. The fourth-order valence-corrected chi connectivity index (χ4v) is 10.0. The van der Waals surface area contributed by atoms with Gasteiger partial charge >= 0.3 is 19.8 Å². The first-order valence-corrected chi connectivity index (χ1v) is 32.5. The molecule has 424 valence electrons. The van der Waals surface area contributed by atoms with Gasteiger partial charge in [-0.2, -0.15) is 0 Å². The summed E-state index contributed by atoms with van der Waals surface area (Å²) < 4.78 is 32.9. The molecule has 0 spiro atoms. The second-order valence-electron chi connectivity index (χ2n) is 20.9. The highest BCUT2D eigenvalue weighted by molar-refractivity contribution is 7.47. The molecule has 9 nitrogen and oxygen atoms in total. The van der Waals surface area contributed by atoms with Gasteiger partial charge in [0.25, 0.3) is 0 Å². The second-order valence-corrected chi connectivity index (χ2v) is 22.4. The molecule has 0 heterocycles. The summed E-state index contributed by atoms with van der Waals surface area (Å²) in [4.78, 5) is 35.0. The molecule has 0 radical (unpaired) electrons. The zero-order chi connectivity index (χ0) is 52.4. The maximum Gasteiger partial charge on any atom is 0.472 e. The van der Waals surface area contributed by atoms with E-state index in [1.807, 2.05) is 0 Å². The number of rotatable bonds is 59. The molecule has 0 saturated heterocycles. The summed E-state index contributed by atoms with van der Waals surface area (Å²) in [7, 11) is -4.39. The van der Waals surface area contributed by atoms with E-state index in [1.54, 1.807) is 0 Å². The number of phosphoric acid groups is 1. The topological polar surface area (TPSA) is 134 Å². The van der Waals surface area contributed by atoms with Gasteiger partial charge in [0.05, 0.1) is 13.2 Å². The number of ether oxygens (including phenoxy) is 2. The van der Waals surface area contributed by atoms with Crippen LogP contribution >= 0.6 is 7.82 Å². The first-order chi connectivity index (χ1) is 35.3. The fraction of sp³-hybridized carbons (Fsp3) is 0.871. The molecule has 0 amide bonds. The Morgan fingerprint density at radius 2 is 0.764 bits per heavy atom. The molecule has 72 heavy (non-hydrogen) atoms. The Kier molecular flexibility index (Phi) is 57.1. The highest BCUT2D eigenvalue weighted by Gasteiger charge is 2.26. The molecule has 0 aliphatic heterocycles. The van der Waals surface area contributed by atoms with Crippen LogP contribution in [-0.2, 0) is 32.7 Å². The number of esters is 2. The molecule has 0 aromatic heterocycles. The van der Waals surface area contributed by atoms with E-state index >= 15 is 0 Å². The average molecular weight is 1040 g/mol. The van der Waals surface area contributed by atoms with Crippen LogP contribution in [0.1, 0.15) is 316 Å². The number of carbonyl (C=O) groups is 2. The van der Waals surface area contributed by atoms with Crippen molar-refractivity contribution in [2.75, 3.05) is 26.4 Å². The quantitative estimate of drug-likeness (QED) is 0.0264. The van der Waals surface area contributed by atoms with Crippen molar-refractivity contribution in [3.63, 3.8) is 0 Å². The Morgan fingerprint density at radius 3 is 1.14 bits per heavy atom. The molecule has 0 aliphatic rings. The third-order valence-corrected chi connectivity index (χ3v) is 14.8. The predicted molar refractivity (Wildman–Crippen MR) is 307 cm³/mol. The highest BCUT2D eigenvalue weighted by Crippen LogP contribution is 2.43. The van der Waals surface area contributed by atoms with Gasteiger partial charge in [-0.3, -0.25) is 18.6 Å².